The molecule has 0 saturated carbocycles. The predicted molar refractivity (Wildman–Crippen MR) is 113 cm³/mol. The van der Waals surface area contributed by atoms with E-state index in [1.807, 2.05) is 24.3 Å². The van der Waals surface area contributed by atoms with Crippen LogP contribution in [0.5, 0.6) is 0 Å². The third kappa shape index (κ3) is 3.83. The highest BCUT2D eigenvalue weighted by atomic mass is 16.5. The molecule has 0 aliphatic carbocycles. The molecule has 28 heavy (non-hydrogen) atoms. The minimum Gasteiger partial charge on any atom is -0.468 e. The Morgan fingerprint density at radius 3 is 2.29 bits per heavy atom. The molecule has 0 bridgehead atoms. The molecule has 1 atom stereocenters. The van der Waals surface area contributed by atoms with Gasteiger partial charge in [0, 0.05) is 22.6 Å². The first-order chi connectivity index (χ1) is 13.7. The molecule has 2 aromatic rings. The first kappa shape index (κ1) is 18.8. The number of nitrogens with one attached hydrogen (secondary N) is 1. The van der Waals surface area contributed by atoms with Gasteiger partial charge in [0.05, 0.1) is 5.70 Å². The first-order valence-electron chi connectivity index (χ1n) is 10.2. The van der Waals surface area contributed by atoms with E-state index in [1.54, 1.807) is 0 Å². The van der Waals surface area contributed by atoms with Crippen LogP contribution in [-0.4, -0.2) is 37.6 Å². The van der Waals surface area contributed by atoms with Gasteiger partial charge in [0.1, 0.15) is 6.29 Å². The number of rotatable bonds is 5. The molecule has 4 heteroatoms. The highest BCUT2D eigenvalue weighted by Crippen LogP contribution is 2.36. The van der Waals surface area contributed by atoms with Crippen LogP contribution < -0.4 is 5.32 Å². The van der Waals surface area contributed by atoms with Crippen molar-refractivity contribution in [1.82, 2.24) is 10.2 Å². The van der Waals surface area contributed by atoms with Gasteiger partial charge in [-0.05, 0) is 45.0 Å². The summed E-state index contributed by atoms with van der Waals surface area (Å²) < 4.78 is 6.50. The van der Waals surface area contributed by atoms with E-state index in [4.69, 9.17) is 4.74 Å². The summed E-state index contributed by atoms with van der Waals surface area (Å²) in [6, 6.07) is 16.3. The fourth-order valence-electron chi connectivity index (χ4n) is 4.02. The lowest BCUT2D eigenvalue weighted by Crippen LogP contribution is -2.40. The van der Waals surface area contributed by atoms with Gasteiger partial charge in [-0.25, -0.2) is 0 Å². The highest BCUT2D eigenvalue weighted by Gasteiger charge is 2.34. The molecule has 146 valence electrons. The second-order valence-corrected chi connectivity index (χ2v) is 7.82. The Morgan fingerprint density at radius 2 is 1.68 bits per heavy atom. The van der Waals surface area contributed by atoms with Crippen LogP contribution in [-0.2, 0) is 11.2 Å². The standard InChI is InChI=1S/C24H28N2O2/c1-3-17-4-10-20(11-5-17)23-22(19-8-6-18(16-27)7-9-19)25-24(28-23)21-12-14-26(2)15-13-21/h4-11,16,21,24-25H,3,12-15H2,1-2H3/t24-/m1/s1. The summed E-state index contributed by atoms with van der Waals surface area (Å²) >= 11 is 0. The van der Waals surface area contributed by atoms with Crippen LogP contribution in [0.15, 0.2) is 48.5 Å². The van der Waals surface area contributed by atoms with E-state index in [1.165, 1.54) is 5.56 Å². The van der Waals surface area contributed by atoms with Crippen LogP contribution in [0.1, 0.15) is 46.8 Å². The molecule has 2 aliphatic heterocycles. The van der Waals surface area contributed by atoms with Crippen molar-refractivity contribution in [2.24, 2.45) is 5.92 Å². The minimum atomic E-state index is -0.00435. The average molecular weight is 377 g/mol. The van der Waals surface area contributed by atoms with E-state index in [0.717, 1.165) is 61.2 Å². The van der Waals surface area contributed by atoms with E-state index in [9.17, 15) is 4.79 Å². The normalized spacial score (nSPS) is 20.7. The maximum atomic E-state index is 11.0. The van der Waals surface area contributed by atoms with Gasteiger partial charge in [-0.15, -0.1) is 0 Å². The van der Waals surface area contributed by atoms with Crippen molar-refractivity contribution in [3.8, 4) is 0 Å². The Morgan fingerprint density at radius 1 is 1.04 bits per heavy atom. The van der Waals surface area contributed by atoms with E-state index >= 15 is 0 Å². The molecular weight excluding hydrogens is 348 g/mol. The number of ether oxygens (including phenoxy) is 1. The van der Waals surface area contributed by atoms with E-state index in [2.05, 4.69) is 48.5 Å². The van der Waals surface area contributed by atoms with Crippen LogP contribution in [0.3, 0.4) is 0 Å². The SMILES string of the molecule is CCc1ccc(C2=C(c3ccc(C=O)cc3)N[C@@H](C3CCN(C)CC3)O2)cc1. The number of carbonyl (C=O) groups excluding carboxylic acids is 1. The van der Waals surface area contributed by atoms with E-state index in [-0.39, 0.29) is 6.23 Å². The van der Waals surface area contributed by atoms with Gasteiger partial charge in [-0.1, -0.05) is 55.5 Å². The lowest BCUT2D eigenvalue weighted by Gasteiger charge is -2.32. The molecule has 0 unspecified atom stereocenters. The number of aldehydes is 1. The Balaban J connectivity index is 1.65. The van der Waals surface area contributed by atoms with Crippen LogP contribution >= 0.6 is 0 Å². The summed E-state index contributed by atoms with van der Waals surface area (Å²) in [5, 5.41) is 3.66. The molecule has 2 heterocycles. The predicted octanol–water partition coefficient (Wildman–Crippen LogP) is 4.18. The number of benzene rings is 2. The van der Waals surface area contributed by atoms with Gasteiger partial charge in [0.25, 0.3) is 0 Å². The van der Waals surface area contributed by atoms with Gasteiger partial charge < -0.3 is 15.0 Å². The van der Waals surface area contributed by atoms with E-state index in [0.29, 0.717) is 11.5 Å². The molecular formula is C24H28N2O2. The number of aryl methyl sites for hydroxylation is 1. The van der Waals surface area contributed by atoms with Gasteiger partial charge in [0.2, 0.25) is 0 Å². The fourth-order valence-corrected chi connectivity index (χ4v) is 4.02. The van der Waals surface area contributed by atoms with Crippen LogP contribution in [0, 0.1) is 5.92 Å². The maximum Gasteiger partial charge on any atom is 0.173 e. The molecule has 1 N–H and O–H groups in total. The van der Waals surface area contributed by atoms with Crippen molar-refractivity contribution in [1.29, 1.82) is 0 Å². The summed E-state index contributed by atoms with van der Waals surface area (Å²) in [6.07, 6.45) is 4.16. The van der Waals surface area contributed by atoms with Crippen molar-refractivity contribution in [2.45, 2.75) is 32.4 Å². The third-order valence-electron chi connectivity index (χ3n) is 5.91. The van der Waals surface area contributed by atoms with Crippen molar-refractivity contribution in [2.75, 3.05) is 20.1 Å². The number of nitrogens with zero attached hydrogens (tertiary/aromatic N) is 1. The third-order valence-corrected chi connectivity index (χ3v) is 5.91. The Hall–Kier alpha value is -2.59. The van der Waals surface area contributed by atoms with Gasteiger partial charge in [-0.2, -0.15) is 0 Å². The maximum absolute atomic E-state index is 11.0. The number of likely N-dealkylation sites (tertiary alicyclic amines) is 1. The minimum absolute atomic E-state index is 0.00435. The van der Waals surface area contributed by atoms with Crippen LogP contribution in [0.25, 0.3) is 11.5 Å². The Kier molecular flexibility index (Phi) is 5.49. The summed E-state index contributed by atoms with van der Waals surface area (Å²) in [4.78, 5) is 13.4. The summed E-state index contributed by atoms with van der Waals surface area (Å²) in [6.45, 7) is 4.38. The van der Waals surface area contributed by atoms with Gasteiger partial charge in [0.15, 0.2) is 12.0 Å². The van der Waals surface area contributed by atoms with Crippen LogP contribution in [0.2, 0.25) is 0 Å². The van der Waals surface area contributed by atoms with Crippen LogP contribution in [0.4, 0.5) is 0 Å². The zero-order valence-corrected chi connectivity index (χ0v) is 16.7. The molecule has 1 saturated heterocycles. The number of piperidine rings is 1. The largest absolute Gasteiger partial charge is 0.468 e. The van der Waals surface area contributed by atoms with Crippen molar-refractivity contribution < 1.29 is 9.53 Å². The molecule has 4 nitrogen and oxygen atoms in total. The lowest BCUT2D eigenvalue weighted by atomic mass is 9.95. The monoisotopic (exact) mass is 376 g/mol. The van der Waals surface area contributed by atoms with Crippen molar-refractivity contribution >= 4 is 17.7 Å². The zero-order chi connectivity index (χ0) is 19.5. The summed E-state index contributed by atoms with van der Waals surface area (Å²) in [7, 11) is 2.18. The molecule has 0 radical (unpaired) electrons. The highest BCUT2D eigenvalue weighted by molar-refractivity contribution is 5.89. The molecule has 0 amide bonds. The summed E-state index contributed by atoms with van der Waals surface area (Å²) in [5.41, 5.74) is 5.17. The van der Waals surface area contributed by atoms with E-state index < -0.39 is 0 Å². The second-order valence-electron chi connectivity index (χ2n) is 7.82. The van der Waals surface area contributed by atoms with Gasteiger partial charge >= 0.3 is 0 Å². The molecule has 2 aliphatic rings. The molecule has 0 spiro atoms. The average Bonchev–Trinajstić information content (AvgIpc) is 3.20. The number of carbonyl (C=O) groups is 1. The number of hydrogen-bond acceptors (Lipinski definition) is 4. The first-order valence-corrected chi connectivity index (χ1v) is 10.2. The fraction of sp³-hybridized carbons (Fsp3) is 0.375. The topological polar surface area (TPSA) is 41.6 Å². The lowest BCUT2D eigenvalue weighted by molar-refractivity contribution is 0.0657. The Labute approximate surface area is 167 Å². The quantitative estimate of drug-likeness (QED) is 0.795. The zero-order valence-electron chi connectivity index (χ0n) is 16.7. The van der Waals surface area contributed by atoms with Gasteiger partial charge in [-0.3, -0.25) is 4.79 Å². The second kappa shape index (κ2) is 8.19. The molecule has 2 aromatic carbocycles. The number of hydrogen-bond donors (Lipinski definition) is 1. The van der Waals surface area contributed by atoms with Crippen molar-refractivity contribution in [3.63, 3.8) is 0 Å². The smallest absolute Gasteiger partial charge is 0.173 e. The molecule has 1 fully saturated rings. The Bertz CT molecular complexity index is 847. The molecule has 4 rings (SSSR count). The van der Waals surface area contributed by atoms with Crippen molar-refractivity contribution in [3.05, 3.63) is 70.8 Å². The summed E-state index contributed by atoms with van der Waals surface area (Å²) in [5.74, 6) is 1.40. The molecule has 0 aromatic heterocycles.